The first-order chi connectivity index (χ1) is 14.9. The van der Waals surface area contributed by atoms with Crippen molar-refractivity contribution in [2.75, 3.05) is 4.90 Å². The van der Waals surface area contributed by atoms with E-state index in [1.165, 1.54) is 28.4 Å². The van der Waals surface area contributed by atoms with Crippen molar-refractivity contribution in [3.8, 4) is 5.75 Å². The minimum atomic E-state index is -0.719. The van der Waals surface area contributed by atoms with Crippen LogP contribution in [0.1, 0.15) is 46.6 Å². The lowest BCUT2D eigenvalue weighted by Gasteiger charge is -2.22. The Balaban J connectivity index is 1.73. The van der Waals surface area contributed by atoms with Gasteiger partial charge in [0.2, 0.25) is 10.9 Å². The third-order valence-electron chi connectivity index (χ3n) is 5.23. The van der Waals surface area contributed by atoms with Crippen LogP contribution in [0.3, 0.4) is 0 Å². The molecule has 3 heterocycles. The number of fused-ring (bicyclic) bond motifs is 2. The zero-order chi connectivity index (χ0) is 21.7. The number of hydrogen-bond donors (Lipinski definition) is 1. The molecule has 0 saturated carbocycles. The summed E-state index contributed by atoms with van der Waals surface area (Å²) >= 11 is 1.33. The molecule has 7 nitrogen and oxygen atoms in total. The summed E-state index contributed by atoms with van der Waals surface area (Å²) in [7, 11) is 0. The molecule has 2 aromatic carbocycles. The number of aromatic nitrogens is 2. The Labute approximate surface area is 181 Å². The second kappa shape index (κ2) is 7.31. The van der Waals surface area contributed by atoms with Gasteiger partial charge >= 0.3 is 0 Å². The molecule has 1 amide bonds. The van der Waals surface area contributed by atoms with Crippen LogP contribution in [-0.4, -0.2) is 21.2 Å². The van der Waals surface area contributed by atoms with Crippen molar-refractivity contribution in [3.05, 3.63) is 80.6 Å². The lowest BCUT2D eigenvalue weighted by Crippen LogP contribution is -2.29. The average molecular weight is 433 g/mol. The lowest BCUT2D eigenvalue weighted by molar-refractivity contribution is 0.0970. The van der Waals surface area contributed by atoms with Crippen LogP contribution in [-0.2, 0) is 6.42 Å². The van der Waals surface area contributed by atoms with Crippen LogP contribution >= 0.6 is 11.3 Å². The van der Waals surface area contributed by atoms with Crippen molar-refractivity contribution < 1.29 is 14.3 Å². The highest BCUT2D eigenvalue weighted by Gasteiger charge is 2.45. The highest BCUT2D eigenvalue weighted by molar-refractivity contribution is 7.15. The third kappa shape index (κ3) is 3.19. The Kier molecular flexibility index (Phi) is 4.59. The van der Waals surface area contributed by atoms with Gasteiger partial charge in [-0.05, 0) is 35.7 Å². The molecular formula is C23H19N3O4S. The zero-order valence-electron chi connectivity index (χ0n) is 16.9. The van der Waals surface area contributed by atoms with E-state index in [-0.39, 0.29) is 22.5 Å². The number of rotatable bonds is 4. The first-order valence-corrected chi connectivity index (χ1v) is 10.8. The van der Waals surface area contributed by atoms with E-state index in [2.05, 4.69) is 24.0 Å². The summed E-state index contributed by atoms with van der Waals surface area (Å²) in [6.07, 6.45) is 0.748. The maximum Gasteiger partial charge on any atom is 0.297 e. The maximum absolute atomic E-state index is 13.5. The second-order valence-electron chi connectivity index (χ2n) is 7.92. The number of benzene rings is 2. The van der Waals surface area contributed by atoms with Crippen molar-refractivity contribution in [2.45, 2.75) is 26.3 Å². The van der Waals surface area contributed by atoms with Gasteiger partial charge < -0.3 is 9.52 Å². The van der Waals surface area contributed by atoms with E-state index in [0.29, 0.717) is 27.6 Å². The molecule has 1 unspecified atom stereocenters. The molecule has 156 valence electrons. The number of anilines is 1. The van der Waals surface area contributed by atoms with Gasteiger partial charge in [-0.1, -0.05) is 49.4 Å². The molecule has 4 aromatic rings. The van der Waals surface area contributed by atoms with Crippen LogP contribution in [0, 0.1) is 5.92 Å². The summed E-state index contributed by atoms with van der Waals surface area (Å²) in [5.41, 5.74) is 1.06. The summed E-state index contributed by atoms with van der Waals surface area (Å²) in [6, 6.07) is 12.6. The minimum Gasteiger partial charge on any atom is -0.508 e. The van der Waals surface area contributed by atoms with Crippen LogP contribution in [0.25, 0.3) is 11.0 Å². The summed E-state index contributed by atoms with van der Waals surface area (Å²) in [6.45, 7) is 4.18. The number of phenols is 1. The summed E-state index contributed by atoms with van der Waals surface area (Å²) < 4.78 is 5.91. The summed E-state index contributed by atoms with van der Waals surface area (Å²) in [5, 5.41) is 19.9. The van der Waals surface area contributed by atoms with Crippen LogP contribution in [0.5, 0.6) is 5.75 Å². The van der Waals surface area contributed by atoms with E-state index in [4.69, 9.17) is 4.42 Å². The van der Waals surface area contributed by atoms with Gasteiger partial charge in [0.15, 0.2) is 5.43 Å². The van der Waals surface area contributed by atoms with Crippen LogP contribution in [0.4, 0.5) is 5.13 Å². The van der Waals surface area contributed by atoms with Crippen molar-refractivity contribution in [1.29, 1.82) is 0 Å². The van der Waals surface area contributed by atoms with E-state index in [9.17, 15) is 14.7 Å². The van der Waals surface area contributed by atoms with Gasteiger partial charge in [-0.25, -0.2) is 0 Å². The molecule has 8 heteroatoms. The fraction of sp³-hybridized carbons (Fsp3) is 0.217. The molecule has 1 N–H and O–H groups in total. The number of aromatic hydroxyl groups is 1. The Morgan fingerprint density at radius 2 is 1.84 bits per heavy atom. The van der Waals surface area contributed by atoms with Crippen molar-refractivity contribution >= 4 is 33.3 Å². The number of para-hydroxylation sites is 1. The number of carbonyl (C=O) groups is 1. The Morgan fingerprint density at radius 3 is 2.58 bits per heavy atom. The van der Waals surface area contributed by atoms with E-state index < -0.39 is 11.9 Å². The number of hydrogen-bond acceptors (Lipinski definition) is 7. The Hall–Kier alpha value is -3.52. The molecule has 0 saturated heterocycles. The van der Waals surface area contributed by atoms with Crippen LogP contribution < -0.4 is 10.3 Å². The molecular weight excluding hydrogens is 414 g/mol. The highest BCUT2D eigenvalue weighted by atomic mass is 32.1. The second-order valence-corrected chi connectivity index (χ2v) is 8.96. The van der Waals surface area contributed by atoms with Crippen LogP contribution in [0.2, 0.25) is 0 Å². The van der Waals surface area contributed by atoms with Crippen molar-refractivity contribution in [1.82, 2.24) is 10.2 Å². The topological polar surface area (TPSA) is 96.5 Å². The third-order valence-corrected chi connectivity index (χ3v) is 6.18. The van der Waals surface area contributed by atoms with E-state index in [1.54, 1.807) is 36.4 Å². The first kappa shape index (κ1) is 19.4. The normalized spacial score (nSPS) is 15.8. The number of nitrogens with zero attached hydrogens (tertiary/aromatic N) is 3. The SMILES string of the molecule is CC(C)Cc1nnc(N2C(=O)c3oc4ccccc4c(=O)c3C2c2ccc(O)cc2)s1. The van der Waals surface area contributed by atoms with Gasteiger partial charge in [-0.2, -0.15) is 0 Å². The van der Waals surface area contributed by atoms with Gasteiger partial charge in [0.25, 0.3) is 5.91 Å². The van der Waals surface area contributed by atoms with E-state index in [1.807, 2.05) is 0 Å². The van der Waals surface area contributed by atoms with E-state index >= 15 is 0 Å². The smallest absolute Gasteiger partial charge is 0.297 e. The summed E-state index contributed by atoms with van der Waals surface area (Å²) in [4.78, 5) is 28.4. The fourth-order valence-corrected chi connectivity index (χ4v) is 4.94. The molecule has 0 fully saturated rings. The van der Waals surface area contributed by atoms with Gasteiger partial charge in [0.1, 0.15) is 16.3 Å². The molecule has 5 rings (SSSR count). The predicted molar refractivity (Wildman–Crippen MR) is 118 cm³/mol. The van der Waals surface area contributed by atoms with Crippen molar-refractivity contribution in [2.24, 2.45) is 5.92 Å². The van der Waals surface area contributed by atoms with Gasteiger partial charge in [0.05, 0.1) is 17.0 Å². The number of amides is 1. The molecule has 0 spiro atoms. The van der Waals surface area contributed by atoms with E-state index in [0.717, 1.165) is 11.4 Å². The standard InChI is InChI=1S/C23H19N3O4S/c1-12(2)11-17-24-25-23(31-17)26-19(13-7-9-14(27)10-8-13)18-20(28)15-5-3-4-6-16(15)30-21(18)22(26)29/h3-10,12,19,27H,11H2,1-2H3. The summed E-state index contributed by atoms with van der Waals surface area (Å²) in [5.74, 6) is 0.0832. The predicted octanol–water partition coefficient (Wildman–Crippen LogP) is 4.30. The molecule has 31 heavy (non-hydrogen) atoms. The largest absolute Gasteiger partial charge is 0.508 e. The lowest BCUT2D eigenvalue weighted by atomic mass is 9.98. The molecule has 0 radical (unpaired) electrons. The molecule has 1 aliphatic rings. The quantitative estimate of drug-likeness (QED) is 0.515. The number of carbonyl (C=O) groups excluding carboxylic acids is 1. The molecule has 0 aliphatic carbocycles. The van der Waals surface area contributed by atoms with Gasteiger partial charge in [-0.3, -0.25) is 14.5 Å². The molecule has 1 aliphatic heterocycles. The van der Waals surface area contributed by atoms with Crippen LogP contribution in [0.15, 0.2) is 57.7 Å². The molecule has 0 bridgehead atoms. The monoisotopic (exact) mass is 433 g/mol. The Morgan fingerprint density at radius 1 is 1.10 bits per heavy atom. The number of phenolic OH excluding ortho intramolecular Hbond substituents is 1. The average Bonchev–Trinajstić information content (AvgIpc) is 3.31. The van der Waals surface area contributed by atoms with Gasteiger partial charge in [-0.15, -0.1) is 10.2 Å². The molecule has 1 atom stereocenters. The maximum atomic E-state index is 13.5. The van der Waals surface area contributed by atoms with Crippen molar-refractivity contribution in [3.63, 3.8) is 0 Å². The highest BCUT2D eigenvalue weighted by Crippen LogP contribution is 2.42. The first-order valence-electron chi connectivity index (χ1n) is 9.94. The molecule has 2 aromatic heterocycles. The van der Waals surface area contributed by atoms with Gasteiger partial charge in [0, 0.05) is 6.42 Å². The Bertz CT molecular complexity index is 1360. The zero-order valence-corrected chi connectivity index (χ0v) is 17.7. The fourth-order valence-electron chi connectivity index (χ4n) is 3.86. The minimum absolute atomic E-state index is 0.0161.